The molecule has 6 nitrogen and oxygen atoms in total. The molecule has 1 atom stereocenters. The van der Waals surface area contributed by atoms with Crippen LogP contribution >= 0.6 is 24.0 Å². The minimum atomic E-state index is -0.359. The van der Waals surface area contributed by atoms with Crippen LogP contribution in [0.15, 0.2) is 29.3 Å². The summed E-state index contributed by atoms with van der Waals surface area (Å²) in [4.78, 5) is 4.63. The van der Waals surface area contributed by atoms with Gasteiger partial charge in [0.25, 0.3) is 0 Å². The molecule has 1 aromatic carbocycles. The number of para-hydroxylation sites is 1. The number of halogens is 2. The number of ether oxygens (including phenoxy) is 1. The van der Waals surface area contributed by atoms with E-state index in [2.05, 4.69) is 20.7 Å². The lowest BCUT2D eigenvalue weighted by molar-refractivity contribution is 0.214. The lowest BCUT2D eigenvalue weighted by Gasteiger charge is -2.18. The van der Waals surface area contributed by atoms with Crippen LogP contribution in [0.3, 0.4) is 0 Å². The summed E-state index contributed by atoms with van der Waals surface area (Å²) in [6.07, 6.45) is -0.211. The highest BCUT2D eigenvalue weighted by Crippen LogP contribution is 2.16. The molecule has 0 saturated carbocycles. The molecule has 0 amide bonds. The van der Waals surface area contributed by atoms with Crippen molar-refractivity contribution in [3.63, 3.8) is 0 Å². The molecule has 150 valence electrons. The van der Waals surface area contributed by atoms with Gasteiger partial charge in [-0.15, -0.1) is 24.0 Å². The van der Waals surface area contributed by atoms with Gasteiger partial charge in [-0.3, -0.25) is 4.68 Å². The molecule has 8 heteroatoms. The van der Waals surface area contributed by atoms with E-state index >= 15 is 0 Å². The number of benzene rings is 1. The first kappa shape index (κ1) is 23.2. The molecule has 1 heterocycles. The summed E-state index contributed by atoms with van der Waals surface area (Å²) in [6.45, 7) is 9.72. The van der Waals surface area contributed by atoms with Gasteiger partial charge < -0.3 is 15.4 Å². The van der Waals surface area contributed by atoms with E-state index in [1.165, 1.54) is 6.07 Å². The molecule has 0 aliphatic heterocycles. The smallest absolute Gasteiger partial charge is 0.191 e. The average Bonchev–Trinajstić information content (AvgIpc) is 2.85. The summed E-state index contributed by atoms with van der Waals surface area (Å²) in [5.74, 6) is 0.590. The standard InChI is InChI=1S/C19H28FN5O.HI/c1-6-21-19(23-12-16-14(3)24-25(5)15(16)4)22-11-13(2)26-18-10-8-7-9-17(18)20;/h7-10,13H,6,11-12H2,1-5H3,(H2,21,22,23);1H. The second-order valence-electron chi connectivity index (χ2n) is 6.21. The fourth-order valence-electron chi connectivity index (χ4n) is 2.59. The van der Waals surface area contributed by atoms with Gasteiger partial charge in [0.05, 0.1) is 18.8 Å². The predicted molar refractivity (Wildman–Crippen MR) is 117 cm³/mol. The van der Waals surface area contributed by atoms with Crippen molar-refractivity contribution in [1.82, 2.24) is 20.4 Å². The van der Waals surface area contributed by atoms with Crippen molar-refractivity contribution in [1.29, 1.82) is 0 Å². The third-order valence-corrected chi connectivity index (χ3v) is 4.12. The lowest BCUT2D eigenvalue weighted by atomic mass is 10.2. The Kier molecular flexibility index (Phi) is 9.54. The van der Waals surface area contributed by atoms with Crippen molar-refractivity contribution < 1.29 is 9.13 Å². The van der Waals surface area contributed by atoms with E-state index in [1.54, 1.807) is 18.2 Å². The number of rotatable bonds is 7. The molecule has 0 spiro atoms. The molecule has 0 fully saturated rings. The van der Waals surface area contributed by atoms with Gasteiger partial charge in [-0.1, -0.05) is 12.1 Å². The van der Waals surface area contributed by atoms with Gasteiger partial charge in [0, 0.05) is 24.8 Å². The first-order valence-corrected chi connectivity index (χ1v) is 8.84. The number of nitrogens with one attached hydrogen (secondary N) is 2. The first-order chi connectivity index (χ1) is 12.4. The Morgan fingerprint density at radius 3 is 2.59 bits per heavy atom. The fraction of sp³-hybridized carbons (Fsp3) is 0.474. The summed E-state index contributed by atoms with van der Waals surface area (Å²) in [5.41, 5.74) is 3.22. The van der Waals surface area contributed by atoms with Crippen LogP contribution in [0.1, 0.15) is 30.8 Å². The molecule has 0 aliphatic carbocycles. The molecule has 2 rings (SSSR count). The fourth-order valence-corrected chi connectivity index (χ4v) is 2.59. The van der Waals surface area contributed by atoms with Crippen LogP contribution in [-0.2, 0) is 13.6 Å². The molecule has 0 aliphatic rings. The molecule has 1 unspecified atom stereocenters. The zero-order valence-corrected chi connectivity index (χ0v) is 18.9. The second kappa shape index (κ2) is 11.1. The molecule has 1 aromatic heterocycles. The lowest BCUT2D eigenvalue weighted by Crippen LogP contribution is -2.41. The van der Waals surface area contributed by atoms with E-state index in [0.717, 1.165) is 23.5 Å². The van der Waals surface area contributed by atoms with Crippen LogP contribution < -0.4 is 15.4 Å². The van der Waals surface area contributed by atoms with E-state index in [4.69, 9.17) is 4.74 Å². The second-order valence-corrected chi connectivity index (χ2v) is 6.21. The van der Waals surface area contributed by atoms with Crippen molar-refractivity contribution in [2.45, 2.75) is 40.3 Å². The number of hydrogen-bond acceptors (Lipinski definition) is 3. The van der Waals surface area contributed by atoms with Crippen LogP contribution in [0.25, 0.3) is 0 Å². The number of hydrogen-bond donors (Lipinski definition) is 2. The van der Waals surface area contributed by atoms with Crippen LogP contribution in [0, 0.1) is 19.7 Å². The first-order valence-electron chi connectivity index (χ1n) is 8.84. The number of aryl methyl sites for hydroxylation is 2. The molecule has 2 aromatic rings. The maximum absolute atomic E-state index is 13.7. The van der Waals surface area contributed by atoms with Crippen LogP contribution in [0.5, 0.6) is 5.75 Å². The average molecular weight is 489 g/mol. The minimum Gasteiger partial charge on any atom is -0.486 e. The molecule has 27 heavy (non-hydrogen) atoms. The molecule has 0 saturated heterocycles. The highest BCUT2D eigenvalue weighted by atomic mass is 127. The van der Waals surface area contributed by atoms with Crippen LogP contribution in [0.4, 0.5) is 4.39 Å². The van der Waals surface area contributed by atoms with E-state index < -0.39 is 0 Å². The van der Waals surface area contributed by atoms with Gasteiger partial charge >= 0.3 is 0 Å². The summed E-state index contributed by atoms with van der Waals surface area (Å²) in [7, 11) is 1.93. The summed E-state index contributed by atoms with van der Waals surface area (Å²) in [5, 5.41) is 10.9. The minimum absolute atomic E-state index is 0. The van der Waals surface area contributed by atoms with Crippen molar-refractivity contribution >= 4 is 29.9 Å². The van der Waals surface area contributed by atoms with E-state index in [0.29, 0.717) is 19.0 Å². The normalized spacial score (nSPS) is 12.3. The third kappa shape index (κ3) is 6.67. The van der Waals surface area contributed by atoms with Gasteiger partial charge in [0.1, 0.15) is 6.10 Å². The van der Waals surface area contributed by atoms with E-state index in [-0.39, 0.29) is 41.6 Å². The van der Waals surface area contributed by atoms with Gasteiger partial charge in [0.15, 0.2) is 17.5 Å². The highest BCUT2D eigenvalue weighted by molar-refractivity contribution is 14.0. The number of aromatic nitrogens is 2. The Balaban J connectivity index is 0.00000364. The quantitative estimate of drug-likeness (QED) is 0.356. The Hall–Kier alpha value is -1.84. The summed E-state index contributed by atoms with van der Waals surface area (Å²) < 4.78 is 21.2. The van der Waals surface area contributed by atoms with E-state index in [9.17, 15) is 4.39 Å². The molecular formula is C19H29FIN5O. The van der Waals surface area contributed by atoms with Crippen molar-refractivity contribution in [2.24, 2.45) is 12.0 Å². The van der Waals surface area contributed by atoms with E-state index in [1.807, 2.05) is 39.4 Å². The monoisotopic (exact) mass is 489 g/mol. The number of aliphatic imine (C=N–C) groups is 1. The Bertz CT molecular complexity index is 763. The van der Waals surface area contributed by atoms with Gasteiger partial charge in [-0.25, -0.2) is 9.38 Å². The number of guanidine groups is 1. The summed E-state index contributed by atoms with van der Waals surface area (Å²) in [6, 6.07) is 6.41. The van der Waals surface area contributed by atoms with Crippen molar-refractivity contribution in [2.75, 3.05) is 13.1 Å². The van der Waals surface area contributed by atoms with Crippen molar-refractivity contribution in [3.8, 4) is 5.75 Å². The predicted octanol–water partition coefficient (Wildman–Crippen LogP) is 3.32. The van der Waals surface area contributed by atoms with Crippen LogP contribution in [0.2, 0.25) is 0 Å². The zero-order valence-electron chi connectivity index (χ0n) is 16.5. The Morgan fingerprint density at radius 1 is 1.30 bits per heavy atom. The third-order valence-electron chi connectivity index (χ3n) is 4.12. The molecular weight excluding hydrogens is 460 g/mol. The maximum atomic E-state index is 13.7. The molecule has 0 radical (unpaired) electrons. The SMILES string of the molecule is CCNC(=NCc1c(C)nn(C)c1C)NCC(C)Oc1ccccc1F.I. The molecule has 0 bridgehead atoms. The summed E-state index contributed by atoms with van der Waals surface area (Å²) >= 11 is 0. The largest absolute Gasteiger partial charge is 0.486 e. The molecule has 2 N–H and O–H groups in total. The Labute approximate surface area is 177 Å². The van der Waals surface area contributed by atoms with Crippen molar-refractivity contribution in [3.05, 3.63) is 47.0 Å². The Morgan fingerprint density at radius 2 is 2.00 bits per heavy atom. The van der Waals surface area contributed by atoms with Crippen LogP contribution in [-0.4, -0.2) is 34.9 Å². The zero-order chi connectivity index (χ0) is 19.1. The number of nitrogens with zero attached hydrogens (tertiary/aromatic N) is 3. The highest BCUT2D eigenvalue weighted by Gasteiger charge is 2.11. The van der Waals surface area contributed by atoms with Gasteiger partial charge in [-0.05, 0) is 39.8 Å². The topological polar surface area (TPSA) is 63.5 Å². The maximum Gasteiger partial charge on any atom is 0.191 e. The van der Waals surface area contributed by atoms with Gasteiger partial charge in [0.2, 0.25) is 0 Å². The van der Waals surface area contributed by atoms with Gasteiger partial charge in [-0.2, -0.15) is 5.10 Å².